The third-order valence-electron chi connectivity index (χ3n) is 5.89. The number of fused-ring (bicyclic) bond motifs is 2. The van der Waals surface area contributed by atoms with Gasteiger partial charge in [-0.2, -0.15) is 0 Å². The van der Waals surface area contributed by atoms with E-state index in [9.17, 15) is 14.0 Å². The van der Waals surface area contributed by atoms with E-state index in [0.29, 0.717) is 15.4 Å². The zero-order chi connectivity index (χ0) is 22.9. The van der Waals surface area contributed by atoms with Crippen molar-refractivity contribution in [3.63, 3.8) is 0 Å². The van der Waals surface area contributed by atoms with E-state index in [1.54, 1.807) is 12.1 Å². The van der Waals surface area contributed by atoms with Crippen molar-refractivity contribution in [1.82, 2.24) is 15.3 Å². The summed E-state index contributed by atoms with van der Waals surface area (Å²) in [5.74, 6) is -0.238. The molecule has 1 aliphatic rings. The highest BCUT2D eigenvalue weighted by Gasteiger charge is 2.22. The molecule has 1 unspecified atom stereocenters. The highest BCUT2D eigenvalue weighted by atomic mass is 32.2. The number of thiophene rings is 1. The van der Waals surface area contributed by atoms with E-state index in [0.717, 1.165) is 35.3 Å². The van der Waals surface area contributed by atoms with Gasteiger partial charge >= 0.3 is 0 Å². The smallest absolute Gasteiger partial charge is 0.260 e. The van der Waals surface area contributed by atoms with Gasteiger partial charge in [0, 0.05) is 10.4 Å². The monoisotopic (exact) mass is 479 g/mol. The van der Waals surface area contributed by atoms with E-state index in [4.69, 9.17) is 0 Å². The Balaban J connectivity index is 1.33. The molecular weight excluding hydrogens is 457 g/mol. The SMILES string of the molecule is Cc1sc2nc(SCC(=O)NC3CCCc4ccccc43)[nH]c(=O)c2c1-c1ccc(F)cc1. The first-order valence-corrected chi connectivity index (χ1v) is 12.6. The van der Waals surface area contributed by atoms with E-state index in [2.05, 4.69) is 27.4 Å². The fraction of sp³-hybridized carbons (Fsp3) is 0.240. The molecule has 1 atom stereocenters. The number of hydrogen-bond acceptors (Lipinski definition) is 5. The molecule has 1 amide bonds. The van der Waals surface area contributed by atoms with E-state index < -0.39 is 0 Å². The van der Waals surface area contributed by atoms with Gasteiger partial charge in [0.1, 0.15) is 10.6 Å². The molecular formula is C25H22FN3O2S2. The van der Waals surface area contributed by atoms with Crippen molar-refractivity contribution in [3.05, 3.63) is 80.7 Å². The van der Waals surface area contributed by atoms with Crippen LogP contribution in [0, 0.1) is 12.7 Å². The summed E-state index contributed by atoms with van der Waals surface area (Å²) in [6, 6.07) is 14.4. The summed E-state index contributed by atoms with van der Waals surface area (Å²) < 4.78 is 13.3. The molecule has 1 aliphatic carbocycles. The van der Waals surface area contributed by atoms with E-state index in [1.807, 2.05) is 19.1 Å². The Bertz CT molecular complexity index is 1400. The number of carbonyl (C=O) groups is 1. The molecule has 0 saturated heterocycles. The average Bonchev–Trinajstić information content (AvgIpc) is 3.15. The molecule has 5 nitrogen and oxygen atoms in total. The molecule has 2 N–H and O–H groups in total. The minimum absolute atomic E-state index is 0.0238. The Morgan fingerprint density at radius 2 is 2.03 bits per heavy atom. The molecule has 2 aromatic carbocycles. The molecule has 0 radical (unpaired) electrons. The van der Waals surface area contributed by atoms with Crippen LogP contribution in [-0.4, -0.2) is 21.6 Å². The first-order chi connectivity index (χ1) is 16.0. The van der Waals surface area contributed by atoms with Gasteiger partial charge < -0.3 is 10.3 Å². The fourth-order valence-electron chi connectivity index (χ4n) is 4.41. The number of nitrogens with one attached hydrogen (secondary N) is 2. The maximum Gasteiger partial charge on any atom is 0.260 e. The van der Waals surface area contributed by atoms with Gasteiger partial charge in [-0.3, -0.25) is 9.59 Å². The largest absolute Gasteiger partial charge is 0.349 e. The van der Waals surface area contributed by atoms with Crippen LogP contribution in [0.2, 0.25) is 0 Å². The number of halogens is 1. The van der Waals surface area contributed by atoms with Crippen LogP contribution < -0.4 is 10.9 Å². The number of aromatic amines is 1. The number of amides is 1. The van der Waals surface area contributed by atoms with Crippen LogP contribution >= 0.6 is 23.1 Å². The summed E-state index contributed by atoms with van der Waals surface area (Å²) in [5.41, 5.74) is 3.78. The van der Waals surface area contributed by atoms with Gasteiger partial charge in [0.05, 0.1) is 17.2 Å². The van der Waals surface area contributed by atoms with Gasteiger partial charge in [0.15, 0.2) is 5.16 Å². The average molecular weight is 480 g/mol. The predicted octanol–water partition coefficient (Wildman–Crippen LogP) is 5.39. The molecule has 0 spiro atoms. The molecule has 168 valence electrons. The number of aromatic nitrogens is 2. The lowest BCUT2D eigenvalue weighted by Crippen LogP contribution is -2.32. The number of H-pyrrole nitrogens is 1. The molecule has 0 aliphatic heterocycles. The molecule has 2 aromatic heterocycles. The third kappa shape index (κ3) is 4.45. The van der Waals surface area contributed by atoms with Crippen molar-refractivity contribution in [2.75, 3.05) is 5.75 Å². The first-order valence-electron chi connectivity index (χ1n) is 10.8. The highest BCUT2D eigenvalue weighted by Crippen LogP contribution is 2.36. The number of thioether (sulfide) groups is 1. The fourth-order valence-corrected chi connectivity index (χ4v) is 6.18. The van der Waals surface area contributed by atoms with Crippen molar-refractivity contribution in [3.8, 4) is 11.1 Å². The lowest BCUT2D eigenvalue weighted by Gasteiger charge is -2.26. The summed E-state index contributed by atoms with van der Waals surface area (Å²) in [5, 5.41) is 4.04. The van der Waals surface area contributed by atoms with Crippen LogP contribution in [0.15, 0.2) is 58.5 Å². The molecule has 0 fully saturated rings. The molecule has 2 heterocycles. The second kappa shape index (κ2) is 9.11. The number of hydrogen-bond donors (Lipinski definition) is 2. The number of aryl methyl sites for hydroxylation is 2. The zero-order valence-corrected chi connectivity index (χ0v) is 19.6. The highest BCUT2D eigenvalue weighted by molar-refractivity contribution is 7.99. The van der Waals surface area contributed by atoms with Gasteiger partial charge in [-0.15, -0.1) is 11.3 Å². The van der Waals surface area contributed by atoms with E-state index >= 15 is 0 Å². The van der Waals surface area contributed by atoms with Crippen molar-refractivity contribution >= 4 is 39.2 Å². The second-order valence-electron chi connectivity index (χ2n) is 8.09. The van der Waals surface area contributed by atoms with Crippen LogP contribution in [0.4, 0.5) is 4.39 Å². The van der Waals surface area contributed by atoms with Crippen molar-refractivity contribution in [1.29, 1.82) is 0 Å². The summed E-state index contributed by atoms with van der Waals surface area (Å²) >= 11 is 2.64. The Hall–Kier alpha value is -2.97. The summed E-state index contributed by atoms with van der Waals surface area (Å²) in [6.07, 6.45) is 3.02. The van der Waals surface area contributed by atoms with Crippen molar-refractivity contribution < 1.29 is 9.18 Å². The number of nitrogens with zero attached hydrogens (tertiary/aromatic N) is 1. The maximum atomic E-state index is 13.3. The number of rotatable bonds is 5. The van der Waals surface area contributed by atoms with E-state index in [1.165, 1.54) is 46.4 Å². The van der Waals surface area contributed by atoms with Gasteiger partial charge in [0.25, 0.3) is 5.56 Å². The second-order valence-corrected chi connectivity index (χ2v) is 10.3. The minimum Gasteiger partial charge on any atom is -0.349 e. The van der Waals surface area contributed by atoms with E-state index in [-0.39, 0.29) is 29.1 Å². The normalized spacial score (nSPS) is 15.4. The molecule has 8 heteroatoms. The Morgan fingerprint density at radius 1 is 1.24 bits per heavy atom. The first kappa shape index (κ1) is 21.9. The van der Waals surface area contributed by atoms with Crippen LogP contribution in [0.3, 0.4) is 0 Å². The molecule has 4 aromatic rings. The topological polar surface area (TPSA) is 74.8 Å². The van der Waals surface area contributed by atoms with Gasteiger partial charge in [-0.05, 0) is 55.0 Å². The van der Waals surface area contributed by atoms with Crippen molar-refractivity contribution in [2.24, 2.45) is 0 Å². The lowest BCUT2D eigenvalue weighted by molar-refractivity contribution is -0.119. The van der Waals surface area contributed by atoms with Crippen LogP contribution in [0.5, 0.6) is 0 Å². The molecule has 0 bridgehead atoms. The molecule has 5 rings (SSSR count). The van der Waals surface area contributed by atoms with Gasteiger partial charge in [-0.25, -0.2) is 9.37 Å². The maximum absolute atomic E-state index is 13.3. The zero-order valence-electron chi connectivity index (χ0n) is 18.0. The van der Waals surface area contributed by atoms with Crippen LogP contribution in [0.25, 0.3) is 21.3 Å². The lowest BCUT2D eigenvalue weighted by atomic mass is 9.88. The Morgan fingerprint density at radius 3 is 2.85 bits per heavy atom. The summed E-state index contributed by atoms with van der Waals surface area (Å²) in [6.45, 7) is 1.92. The van der Waals surface area contributed by atoms with Gasteiger partial charge in [0.2, 0.25) is 5.91 Å². The Kier molecular flexibility index (Phi) is 6.03. The van der Waals surface area contributed by atoms with Gasteiger partial charge in [-0.1, -0.05) is 48.2 Å². The molecule has 0 saturated carbocycles. The molecule has 33 heavy (non-hydrogen) atoms. The number of benzene rings is 2. The summed E-state index contributed by atoms with van der Waals surface area (Å²) in [4.78, 5) is 34.5. The minimum atomic E-state index is -0.323. The standard InChI is InChI=1S/C25H22FN3O2S2/c1-14-21(16-9-11-17(26)12-10-16)22-23(31)28-25(29-24(22)33-14)32-13-20(30)27-19-8-4-6-15-5-2-3-7-18(15)19/h2-3,5,7,9-12,19H,4,6,8,13H2,1H3,(H,27,30)(H,28,29,31). The van der Waals surface area contributed by atoms with Crippen LogP contribution in [-0.2, 0) is 11.2 Å². The Labute approximate surface area is 198 Å². The van der Waals surface area contributed by atoms with Crippen LogP contribution in [0.1, 0.15) is 34.9 Å². The van der Waals surface area contributed by atoms with Crippen molar-refractivity contribution in [2.45, 2.75) is 37.4 Å². The number of carbonyl (C=O) groups excluding carboxylic acids is 1. The predicted molar refractivity (Wildman–Crippen MR) is 131 cm³/mol. The quantitative estimate of drug-likeness (QED) is 0.298. The summed E-state index contributed by atoms with van der Waals surface area (Å²) in [7, 11) is 0. The third-order valence-corrected chi connectivity index (χ3v) is 7.77.